The predicted octanol–water partition coefficient (Wildman–Crippen LogP) is 0.771. The SMILES string of the molecule is Cc1cc([C@H](C)O)n[nH]1. The number of nitrogens with one attached hydrogen (secondary N) is 1. The van der Waals surface area contributed by atoms with Gasteiger partial charge in [0.1, 0.15) is 0 Å². The molecular formula is C6H10N2O. The van der Waals surface area contributed by atoms with Crippen molar-refractivity contribution >= 4 is 0 Å². The van der Waals surface area contributed by atoms with E-state index in [0.29, 0.717) is 5.69 Å². The quantitative estimate of drug-likeness (QED) is 0.584. The molecule has 1 aromatic rings. The molecule has 0 amide bonds. The number of nitrogens with zero attached hydrogens (tertiary/aromatic N) is 1. The van der Waals surface area contributed by atoms with Gasteiger partial charge in [0.05, 0.1) is 11.8 Å². The summed E-state index contributed by atoms with van der Waals surface area (Å²) < 4.78 is 0. The van der Waals surface area contributed by atoms with Crippen LogP contribution in [0, 0.1) is 6.92 Å². The monoisotopic (exact) mass is 126 g/mol. The molecule has 0 spiro atoms. The van der Waals surface area contributed by atoms with Gasteiger partial charge in [-0.15, -0.1) is 0 Å². The summed E-state index contributed by atoms with van der Waals surface area (Å²) in [6.45, 7) is 3.59. The van der Waals surface area contributed by atoms with Crippen LogP contribution in [-0.2, 0) is 0 Å². The van der Waals surface area contributed by atoms with Gasteiger partial charge in [0.15, 0.2) is 0 Å². The molecule has 2 N–H and O–H groups in total. The third kappa shape index (κ3) is 1.29. The number of aliphatic hydroxyl groups is 1. The summed E-state index contributed by atoms with van der Waals surface area (Å²) in [5.74, 6) is 0. The van der Waals surface area contributed by atoms with Crippen LogP contribution in [0.1, 0.15) is 24.4 Å². The fourth-order valence-corrected chi connectivity index (χ4v) is 0.653. The Morgan fingerprint density at radius 2 is 2.44 bits per heavy atom. The highest BCUT2D eigenvalue weighted by Crippen LogP contribution is 2.07. The molecule has 0 radical (unpaired) electrons. The molecule has 1 atom stereocenters. The fourth-order valence-electron chi connectivity index (χ4n) is 0.653. The van der Waals surface area contributed by atoms with Crippen molar-refractivity contribution in [3.63, 3.8) is 0 Å². The van der Waals surface area contributed by atoms with Gasteiger partial charge in [0.25, 0.3) is 0 Å². The second kappa shape index (κ2) is 2.19. The van der Waals surface area contributed by atoms with E-state index in [-0.39, 0.29) is 0 Å². The molecule has 3 heteroatoms. The lowest BCUT2D eigenvalue weighted by atomic mass is 10.3. The highest BCUT2D eigenvalue weighted by molar-refractivity contribution is 5.08. The topological polar surface area (TPSA) is 48.9 Å². The lowest BCUT2D eigenvalue weighted by Crippen LogP contribution is -1.89. The Morgan fingerprint density at radius 1 is 1.78 bits per heavy atom. The van der Waals surface area contributed by atoms with E-state index in [1.807, 2.05) is 13.0 Å². The molecule has 9 heavy (non-hydrogen) atoms. The summed E-state index contributed by atoms with van der Waals surface area (Å²) in [4.78, 5) is 0. The largest absolute Gasteiger partial charge is 0.387 e. The van der Waals surface area contributed by atoms with Crippen LogP contribution >= 0.6 is 0 Å². The average molecular weight is 126 g/mol. The maximum Gasteiger partial charge on any atom is 0.0950 e. The summed E-state index contributed by atoms with van der Waals surface area (Å²) in [7, 11) is 0. The van der Waals surface area contributed by atoms with Gasteiger partial charge in [-0.1, -0.05) is 0 Å². The first-order valence-electron chi connectivity index (χ1n) is 2.90. The van der Waals surface area contributed by atoms with Gasteiger partial charge in [-0.2, -0.15) is 5.10 Å². The van der Waals surface area contributed by atoms with Gasteiger partial charge >= 0.3 is 0 Å². The Morgan fingerprint density at radius 3 is 2.67 bits per heavy atom. The molecule has 0 saturated carbocycles. The van der Waals surface area contributed by atoms with Crippen molar-refractivity contribution in [2.75, 3.05) is 0 Å². The van der Waals surface area contributed by atoms with Crippen LogP contribution < -0.4 is 0 Å². The van der Waals surface area contributed by atoms with Crippen LogP contribution in [-0.4, -0.2) is 15.3 Å². The minimum absolute atomic E-state index is 0.463. The number of hydrogen-bond donors (Lipinski definition) is 2. The van der Waals surface area contributed by atoms with E-state index < -0.39 is 6.10 Å². The smallest absolute Gasteiger partial charge is 0.0950 e. The van der Waals surface area contributed by atoms with E-state index in [1.54, 1.807) is 6.92 Å². The minimum Gasteiger partial charge on any atom is -0.387 e. The van der Waals surface area contributed by atoms with Crippen molar-refractivity contribution in [2.45, 2.75) is 20.0 Å². The van der Waals surface area contributed by atoms with Crippen LogP contribution in [0.5, 0.6) is 0 Å². The van der Waals surface area contributed by atoms with Gasteiger partial charge in [-0.25, -0.2) is 0 Å². The normalized spacial score (nSPS) is 13.7. The molecule has 0 aliphatic rings. The molecule has 0 unspecified atom stereocenters. The van der Waals surface area contributed by atoms with E-state index in [1.165, 1.54) is 0 Å². The average Bonchev–Trinajstić information content (AvgIpc) is 2.14. The maximum atomic E-state index is 8.95. The van der Waals surface area contributed by atoms with Crippen molar-refractivity contribution in [1.82, 2.24) is 10.2 Å². The van der Waals surface area contributed by atoms with Crippen molar-refractivity contribution in [2.24, 2.45) is 0 Å². The Labute approximate surface area is 53.7 Å². The van der Waals surface area contributed by atoms with Crippen LogP contribution in [0.4, 0.5) is 0 Å². The van der Waals surface area contributed by atoms with Crippen LogP contribution in [0.2, 0.25) is 0 Å². The molecule has 50 valence electrons. The number of rotatable bonds is 1. The zero-order valence-electron chi connectivity index (χ0n) is 5.55. The maximum absolute atomic E-state index is 8.95. The first kappa shape index (κ1) is 6.29. The Hall–Kier alpha value is -0.830. The molecule has 1 aromatic heterocycles. The van der Waals surface area contributed by atoms with Gasteiger partial charge in [0, 0.05) is 5.69 Å². The zero-order valence-corrected chi connectivity index (χ0v) is 5.55. The van der Waals surface area contributed by atoms with E-state index in [0.717, 1.165) is 5.69 Å². The molecule has 0 bridgehead atoms. The van der Waals surface area contributed by atoms with Gasteiger partial charge in [-0.05, 0) is 19.9 Å². The summed E-state index contributed by atoms with van der Waals surface area (Å²) >= 11 is 0. The number of aryl methyl sites for hydroxylation is 1. The van der Waals surface area contributed by atoms with Crippen LogP contribution in [0.3, 0.4) is 0 Å². The number of aliphatic hydroxyl groups excluding tert-OH is 1. The second-order valence-corrected chi connectivity index (χ2v) is 2.15. The van der Waals surface area contributed by atoms with Crippen molar-refractivity contribution < 1.29 is 5.11 Å². The molecule has 1 heterocycles. The standard InChI is InChI=1S/C6H10N2O/c1-4-3-6(5(2)9)8-7-4/h3,5,9H,1-2H3,(H,7,8)/t5-/m0/s1. The first-order valence-corrected chi connectivity index (χ1v) is 2.90. The summed E-state index contributed by atoms with van der Waals surface area (Å²) in [5, 5.41) is 15.5. The first-order chi connectivity index (χ1) is 4.20. The fraction of sp³-hybridized carbons (Fsp3) is 0.500. The molecule has 1 rings (SSSR count). The molecular weight excluding hydrogens is 116 g/mol. The third-order valence-electron chi connectivity index (χ3n) is 1.15. The van der Waals surface area contributed by atoms with Crippen LogP contribution in [0.25, 0.3) is 0 Å². The Bertz CT molecular complexity index is 193. The van der Waals surface area contributed by atoms with Gasteiger partial charge in [-0.3, -0.25) is 5.10 Å². The van der Waals surface area contributed by atoms with Crippen molar-refractivity contribution in [1.29, 1.82) is 0 Å². The van der Waals surface area contributed by atoms with E-state index >= 15 is 0 Å². The molecule has 0 fully saturated rings. The minimum atomic E-state index is -0.463. The number of aromatic amines is 1. The van der Waals surface area contributed by atoms with Crippen LogP contribution in [0.15, 0.2) is 6.07 Å². The lowest BCUT2D eigenvalue weighted by Gasteiger charge is -1.93. The third-order valence-corrected chi connectivity index (χ3v) is 1.15. The highest BCUT2D eigenvalue weighted by atomic mass is 16.3. The molecule has 0 aromatic carbocycles. The summed E-state index contributed by atoms with van der Waals surface area (Å²) in [6.07, 6.45) is -0.463. The summed E-state index contributed by atoms with van der Waals surface area (Å²) in [6, 6.07) is 1.82. The predicted molar refractivity (Wildman–Crippen MR) is 34.0 cm³/mol. The number of H-pyrrole nitrogens is 1. The molecule has 0 saturated heterocycles. The van der Waals surface area contributed by atoms with E-state index in [4.69, 9.17) is 5.11 Å². The van der Waals surface area contributed by atoms with E-state index in [9.17, 15) is 0 Å². The summed E-state index contributed by atoms with van der Waals surface area (Å²) in [5.41, 5.74) is 1.68. The molecule has 0 aliphatic heterocycles. The lowest BCUT2D eigenvalue weighted by molar-refractivity contribution is 0.194. The van der Waals surface area contributed by atoms with Crippen molar-refractivity contribution in [3.8, 4) is 0 Å². The molecule has 3 nitrogen and oxygen atoms in total. The zero-order chi connectivity index (χ0) is 6.85. The Kier molecular flexibility index (Phi) is 1.53. The number of aromatic nitrogens is 2. The van der Waals surface area contributed by atoms with Crippen molar-refractivity contribution in [3.05, 3.63) is 17.5 Å². The number of hydrogen-bond acceptors (Lipinski definition) is 2. The highest BCUT2D eigenvalue weighted by Gasteiger charge is 2.02. The van der Waals surface area contributed by atoms with Gasteiger partial charge < -0.3 is 5.11 Å². The Balaban J connectivity index is 2.85. The molecule has 0 aliphatic carbocycles. The van der Waals surface area contributed by atoms with Gasteiger partial charge in [0.2, 0.25) is 0 Å². The van der Waals surface area contributed by atoms with E-state index in [2.05, 4.69) is 10.2 Å². The second-order valence-electron chi connectivity index (χ2n) is 2.15.